The van der Waals surface area contributed by atoms with Gasteiger partial charge in [-0.1, -0.05) is 0 Å². The van der Waals surface area contributed by atoms with Gasteiger partial charge in [-0.2, -0.15) is 5.10 Å². The van der Waals surface area contributed by atoms with Crippen LogP contribution in [0.5, 0.6) is 0 Å². The highest BCUT2D eigenvalue weighted by Gasteiger charge is 2.17. The minimum Gasteiger partial charge on any atom is -0.396 e. The first-order valence-electron chi connectivity index (χ1n) is 6.02. The largest absolute Gasteiger partial charge is 0.396 e. The number of hydrogen-bond donors (Lipinski definition) is 1. The van der Waals surface area contributed by atoms with E-state index in [1.807, 2.05) is 18.4 Å². The van der Waals surface area contributed by atoms with Crippen molar-refractivity contribution in [2.75, 3.05) is 5.73 Å². The molecule has 0 fully saturated rings. The monoisotopic (exact) mass is 309 g/mol. The van der Waals surface area contributed by atoms with Gasteiger partial charge in [0.15, 0.2) is 17.5 Å². The molecule has 0 saturated carbocycles. The van der Waals surface area contributed by atoms with E-state index >= 15 is 0 Å². The second kappa shape index (κ2) is 4.92. The second-order valence-electron chi connectivity index (χ2n) is 4.53. The summed E-state index contributed by atoms with van der Waals surface area (Å²) < 4.78 is 41.1. The summed E-state index contributed by atoms with van der Waals surface area (Å²) in [6, 6.07) is 3.15. The van der Waals surface area contributed by atoms with Gasteiger partial charge in [0.1, 0.15) is 11.4 Å². The second-order valence-corrected chi connectivity index (χ2v) is 5.44. The lowest BCUT2D eigenvalue weighted by Gasteiger charge is -2.03. The highest BCUT2D eigenvalue weighted by molar-refractivity contribution is 7.13. The third-order valence-electron chi connectivity index (χ3n) is 3.06. The number of thiophene rings is 1. The SMILES string of the molecule is Cc1ccsc1-c1nn(-c2cc(F)c(F)cc2F)cc1N. The summed E-state index contributed by atoms with van der Waals surface area (Å²) in [4.78, 5) is 0.856. The molecule has 0 radical (unpaired) electrons. The molecule has 0 aliphatic rings. The van der Waals surface area contributed by atoms with Crippen LogP contribution in [0.1, 0.15) is 5.56 Å². The molecule has 0 unspecified atom stereocenters. The number of aryl methyl sites for hydroxylation is 1. The lowest BCUT2D eigenvalue weighted by molar-refractivity contribution is 0.491. The third-order valence-corrected chi connectivity index (χ3v) is 4.08. The van der Waals surface area contributed by atoms with Gasteiger partial charge in [0.25, 0.3) is 0 Å². The van der Waals surface area contributed by atoms with Crippen LogP contribution in [-0.2, 0) is 0 Å². The molecule has 0 saturated heterocycles. The lowest BCUT2D eigenvalue weighted by Crippen LogP contribution is -2.01. The average Bonchev–Trinajstić information content (AvgIpc) is 3.00. The number of aromatic nitrogens is 2. The van der Waals surface area contributed by atoms with Crippen molar-refractivity contribution < 1.29 is 13.2 Å². The van der Waals surface area contributed by atoms with E-state index in [9.17, 15) is 13.2 Å². The number of benzene rings is 1. The number of nitrogens with zero attached hydrogens (tertiary/aromatic N) is 2. The Morgan fingerprint density at radius 3 is 2.52 bits per heavy atom. The van der Waals surface area contributed by atoms with Crippen molar-refractivity contribution in [3.8, 4) is 16.3 Å². The molecular weight excluding hydrogens is 299 g/mol. The number of anilines is 1. The van der Waals surface area contributed by atoms with Crippen molar-refractivity contribution in [2.24, 2.45) is 0 Å². The molecule has 7 heteroatoms. The van der Waals surface area contributed by atoms with Crippen molar-refractivity contribution in [1.82, 2.24) is 9.78 Å². The Kier molecular flexibility index (Phi) is 3.21. The molecule has 3 rings (SSSR count). The topological polar surface area (TPSA) is 43.8 Å². The van der Waals surface area contributed by atoms with Gasteiger partial charge in [-0.25, -0.2) is 17.9 Å². The van der Waals surface area contributed by atoms with Gasteiger partial charge in [0, 0.05) is 12.1 Å². The fraction of sp³-hybridized carbons (Fsp3) is 0.0714. The third kappa shape index (κ3) is 2.29. The summed E-state index contributed by atoms with van der Waals surface area (Å²) in [6.45, 7) is 1.91. The van der Waals surface area contributed by atoms with Crippen LogP contribution in [0.4, 0.5) is 18.9 Å². The summed E-state index contributed by atoms with van der Waals surface area (Å²) in [7, 11) is 0. The van der Waals surface area contributed by atoms with E-state index in [4.69, 9.17) is 5.73 Å². The van der Waals surface area contributed by atoms with E-state index in [2.05, 4.69) is 5.10 Å². The molecule has 0 bridgehead atoms. The molecule has 21 heavy (non-hydrogen) atoms. The maximum atomic E-state index is 13.8. The van der Waals surface area contributed by atoms with E-state index in [1.165, 1.54) is 17.5 Å². The van der Waals surface area contributed by atoms with Crippen LogP contribution in [0.3, 0.4) is 0 Å². The van der Waals surface area contributed by atoms with Gasteiger partial charge < -0.3 is 5.73 Å². The van der Waals surface area contributed by atoms with E-state index in [1.54, 1.807) is 0 Å². The van der Waals surface area contributed by atoms with Crippen molar-refractivity contribution in [3.63, 3.8) is 0 Å². The minimum atomic E-state index is -1.24. The maximum Gasteiger partial charge on any atom is 0.161 e. The fourth-order valence-electron chi connectivity index (χ4n) is 1.99. The van der Waals surface area contributed by atoms with E-state index < -0.39 is 17.5 Å². The molecule has 3 aromatic rings. The average molecular weight is 309 g/mol. The van der Waals surface area contributed by atoms with Gasteiger partial charge in [-0.3, -0.25) is 0 Å². The first-order chi connectivity index (χ1) is 9.97. The molecule has 3 nitrogen and oxygen atoms in total. The zero-order chi connectivity index (χ0) is 15.1. The zero-order valence-electron chi connectivity index (χ0n) is 10.9. The Balaban J connectivity index is 2.14. The van der Waals surface area contributed by atoms with Crippen molar-refractivity contribution >= 4 is 17.0 Å². The van der Waals surface area contributed by atoms with E-state index in [0.29, 0.717) is 17.4 Å². The summed E-state index contributed by atoms with van der Waals surface area (Å²) in [5.41, 5.74) is 7.51. The molecule has 0 atom stereocenters. The summed E-state index contributed by atoms with van der Waals surface area (Å²) in [5.74, 6) is -3.30. The normalized spacial score (nSPS) is 11.0. The molecule has 2 aromatic heterocycles. The zero-order valence-corrected chi connectivity index (χ0v) is 11.7. The van der Waals surface area contributed by atoms with E-state index in [-0.39, 0.29) is 5.69 Å². The molecule has 0 aliphatic heterocycles. The Bertz CT molecular complexity index is 823. The highest BCUT2D eigenvalue weighted by Crippen LogP contribution is 2.32. The van der Waals surface area contributed by atoms with Gasteiger partial charge in [-0.15, -0.1) is 11.3 Å². The number of halogens is 3. The van der Waals surface area contributed by atoms with Gasteiger partial charge >= 0.3 is 0 Å². The molecule has 0 spiro atoms. The molecule has 1 aromatic carbocycles. The fourth-order valence-corrected chi connectivity index (χ4v) is 2.92. The van der Waals surface area contributed by atoms with Crippen LogP contribution < -0.4 is 5.73 Å². The Labute approximate surface area is 122 Å². The number of rotatable bonds is 2. The Morgan fingerprint density at radius 1 is 1.14 bits per heavy atom. The molecular formula is C14H10F3N3S. The van der Waals surface area contributed by atoms with Crippen LogP contribution in [-0.4, -0.2) is 9.78 Å². The van der Waals surface area contributed by atoms with Gasteiger partial charge in [-0.05, 0) is 23.9 Å². The maximum absolute atomic E-state index is 13.8. The minimum absolute atomic E-state index is 0.193. The lowest BCUT2D eigenvalue weighted by atomic mass is 10.2. The molecule has 108 valence electrons. The first-order valence-corrected chi connectivity index (χ1v) is 6.90. The first kappa shape index (κ1) is 13.7. The molecule has 2 heterocycles. The quantitative estimate of drug-likeness (QED) is 0.729. The standard InChI is InChI=1S/C14H10F3N3S/c1-7-2-3-21-14(7)13-11(18)6-20(19-13)12-5-9(16)8(15)4-10(12)17/h2-6H,18H2,1H3. The highest BCUT2D eigenvalue weighted by atomic mass is 32.1. The summed E-state index contributed by atoms with van der Waals surface area (Å²) in [6.07, 6.45) is 1.38. The van der Waals surface area contributed by atoms with Crippen molar-refractivity contribution in [3.05, 3.63) is 52.8 Å². The van der Waals surface area contributed by atoms with Crippen molar-refractivity contribution in [1.29, 1.82) is 0 Å². The number of nitrogens with two attached hydrogens (primary N) is 1. The number of nitrogen functional groups attached to an aromatic ring is 1. The van der Waals surface area contributed by atoms with Crippen LogP contribution in [0.15, 0.2) is 29.8 Å². The summed E-state index contributed by atoms with van der Waals surface area (Å²) in [5, 5.41) is 6.08. The predicted octanol–water partition coefficient (Wildman–Crippen LogP) is 3.91. The van der Waals surface area contributed by atoms with E-state index in [0.717, 1.165) is 21.2 Å². The smallest absolute Gasteiger partial charge is 0.161 e. The Hall–Kier alpha value is -2.28. The van der Waals surface area contributed by atoms with Crippen LogP contribution in [0, 0.1) is 24.4 Å². The number of hydrogen-bond acceptors (Lipinski definition) is 3. The molecule has 0 aliphatic carbocycles. The summed E-state index contributed by atoms with van der Waals surface area (Å²) >= 11 is 1.45. The van der Waals surface area contributed by atoms with Crippen LogP contribution in [0.25, 0.3) is 16.3 Å². The molecule has 2 N–H and O–H groups in total. The Morgan fingerprint density at radius 2 is 1.86 bits per heavy atom. The predicted molar refractivity (Wildman–Crippen MR) is 75.9 cm³/mol. The van der Waals surface area contributed by atoms with Crippen molar-refractivity contribution in [2.45, 2.75) is 6.92 Å². The van der Waals surface area contributed by atoms with Crippen LogP contribution >= 0.6 is 11.3 Å². The van der Waals surface area contributed by atoms with Gasteiger partial charge in [0.2, 0.25) is 0 Å². The molecule has 0 amide bonds. The van der Waals surface area contributed by atoms with Gasteiger partial charge in [0.05, 0.1) is 16.8 Å². The van der Waals surface area contributed by atoms with Crippen LogP contribution in [0.2, 0.25) is 0 Å².